The van der Waals surface area contributed by atoms with E-state index in [1.165, 1.54) is 0 Å². The van der Waals surface area contributed by atoms with E-state index in [1.807, 2.05) is 6.07 Å². The van der Waals surface area contributed by atoms with Crippen molar-refractivity contribution in [2.24, 2.45) is 0 Å². The third-order valence-electron chi connectivity index (χ3n) is 2.69. The molecule has 106 valence electrons. The lowest BCUT2D eigenvalue weighted by Gasteiger charge is -2.16. The van der Waals surface area contributed by atoms with Crippen LogP contribution >= 0.6 is 0 Å². The van der Waals surface area contributed by atoms with Crippen LogP contribution in [0.3, 0.4) is 0 Å². The molecule has 2 rings (SSSR count). The molecule has 1 aromatic rings. The Morgan fingerprint density at radius 2 is 2.00 bits per heavy atom. The Morgan fingerprint density at radius 1 is 1.32 bits per heavy atom. The van der Waals surface area contributed by atoms with Crippen LogP contribution < -0.4 is 0 Å². The molecule has 1 aliphatic rings. The standard InChI is InChI=1S/C13H18O5S/c1-13(2)16-8-12(18-13)9-17-19(14,15)10-11-6-4-3-5-7-11/h3-7,12H,8-10H2,1-2H3. The van der Waals surface area contributed by atoms with E-state index in [-0.39, 0.29) is 18.5 Å². The van der Waals surface area contributed by atoms with Crippen LogP contribution in [-0.4, -0.2) is 33.5 Å². The Bertz CT molecular complexity index is 509. The molecule has 0 radical (unpaired) electrons. The second-order valence-electron chi connectivity index (χ2n) is 4.92. The van der Waals surface area contributed by atoms with Gasteiger partial charge in [-0.25, -0.2) is 0 Å². The topological polar surface area (TPSA) is 61.8 Å². The van der Waals surface area contributed by atoms with Crippen molar-refractivity contribution < 1.29 is 22.1 Å². The van der Waals surface area contributed by atoms with Gasteiger partial charge in [0.2, 0.25) is 0 Å². The Morgan fingerprint density at radius 3 is 2.58 bits per heavy atom. The summed E-state index contributed by atoms with van der Waals surface area (Å²) < 4.78 is 39.4. The third kappa shape index (κ3) is 4.58. The normalized spacial score (nSPS) is 22.5. The van der Waals surface area contributed by atoms with E-state index in [4.69, 9.17) is 13.7 Å². The molecule has 1 heterocycles. The fraction of sp³-hybridized carbons (Fsp3) is 0.538. The fourth-order valence-electron chi connectivity index (χ4n) is 1.84. The quantitative estimate of drug-likeness (QED) is 0.771. The zero-order valence-electron chi connectivity index (χ0n) is 11.0. The highest BCUT2D eigenvalue weighted by Crippen LogP contribution is 2.22. The van der Waals surface area contributed by atoms with Gasteiger partial charge in [-0.05, 0) is 19.4 Å². The minimum atomic E-state index is -3.59. The SMILES string of the molecule is CC1(C)OCC(COS(=O)(=O)Cc2ccccc2)O1. The van der Waals surface area contributed by atoms with Gasteiger partial charge in [0.15, 0.2) is 5.79 Å². The van der Waals surface area contributed by atoms with E-state index in [0.29, 0.717) is 12.2 Å². The zero-order chi connectivity index (χ0) is 13.9. The Labute approximate surface area is 113 Å². The molecule has 0 N–H and O–H groups in total. The summed E-state index contributed by atoms with van der Waals surface area (Å²) in [5, 5.41) is 0. The molecule has 1 aliphatic heterocycles. The van der Waals surface area contributed by atoms with Gasteiger partial charge in [0, 0.05) is 0 Å². The second kappa shape index (κ2) is 5.58. The molecule has 0 bridgehead atoms. The lowest BCUT2D eigenvalue weighted by molar-refractivity contribution is -0.141. The minimum Gasteiger partial charge on any atom is -0.348 e. The number of hydrogen-bond donors (Lipinski definition) is 0. The van der Waals surface area contributed by atoms with E-state index < -0.39 is 15.9 Å². The van der Waals surface area contributed by atoms with Gasteiger partial charge >= 0.3 is 0 Å². The first kappa shape index (κ1) is 14.5. The van der Waals surface area contributed by atoms with Crippen molar-refractivity contribution in [3.05, 3.63) is 35.9 Å². The summed E-state index contributed by atoms with van der Waals surface area (Å²) in [5.41, 5.74) is 0.700. The molecule has 0 aliphatic carbocycles. The number of hydrogen-bond acceptors (Lipinski definition) is 5. The summed E-state index contributed by atoms with van der Waals surface area (Å²) in [7, 11) is -3.59. The lowest BCUT2D eigenvalue weighted by atomic mass is 10.2. The highest BCUT2D eigenvalue weighted by molar-refractivity contribution is 7.85. The van der Waals surface area contributed by atoms with Crippen LogP contribution in [0.1, 0.15) is 19.4 Å². The monoisotopic (exact) mass is 286 g/mol. The van der Waals surface area contributed by atoms with Gasteiger partial charge < -0.3 is 9.47 Å². The van der Waals surface area contributed by atoms with E-state index in [1.54, 1.807) is 38.1 Å². The van der Waals surface area contributed by atoms with Crippen LogP contribution in [0.15, 0.2) is 30.3 Å². The van der Waals surface area contributed by atoms with Crippen molar-refractivity contribution in [3.63, 3.8) is 0 Å². The van der Waals surface area contributed by atoms with Crippen molar-refractivity contribution in [1.82, 2.24) is 0 Å². The van der Waals surface area contributed by atoms with Crippen LogP contribution in [-0.2, 0) is 29.5 Å². The first-order valence-corrected chi connectivity index (χ1v) is 7.67. The molecule has 0 spiro atoms. The number of ether oxygens (including phenoxy) is 2. The van der Waals surface area contributed by atoms with Gasteiger partial charge in [0.05, 0.1) is 13.2 Å². The largest absolute Gasteiger partial charge is 0.348 e. The van der Waals surface area contributed by atoms with E-state index in [0.717, 1.165) is 0 Å². The summed E-state index contributed by atoms with van der Waals surface area (Å²) in [4.78, 5) is 0. The summed E-state index contributed by atoms with van der Waals surface area (Å²) in [6.45, 7) is 3.89. The molecule has 1 unspecified atom stereocenters. The van der Waals surface area contributed by atoms with Gasteiger partial charge in [-0.3, -0.25) is 4.18 Å². The van der Waals surface area contributed by atoms with Crippen LogP contribution in [0.2, 0.25) is 0 Å². The fourth-order valence-corrected chi connectivity index (χ4v) is 2.89. The maximum atomic E-state index is 11.8. The first-order chi connectivity index (χ1) is 8.86. The van der Waals surface area contributed by atoms with E-state index >= 15 is 0 Å². The molecule has 19 heavy (non-hydrogen) atoms. The molecule has 1 saturated heterocycles. The van der Waals surface area contributed by atoms with Crippen molar-refractivity contribution in [2.75, 3.05) is 13.2 Å². The highest BCUT2D eigenvalue weighted by atomic mass is 32.2. The van der Waals surface area contributed by atoms with E-state index in [9.17, 15) is 8.42 Å². The maximum absolute atomic E-state index is 11.8. The van der Waals surface area contributed by atoms with Crippen molar-refractivity contribution in [3.8, 4) is 0 Å². The van der Waals surface area contributed by atoms with Gasteiger partial charge in [-0.2, -0.15) is 8.42 Å². The van der Waals surface area contributed by atoms with Crippen LogP contribution in [0, 0.1) is 0 Å². The molecule has 1 aromatic carbocycles. The van der Waals surface area contributed by atoms with E-state index in [2.05, 4.69) is 0 Å². The van der Waals surface area contributed by atoms with Crippen LogP contribution in [0.25, 0.3) is 0 Å². The lowest BCUT2D eigenvalue weighted by Crippen LogP contribution is -2.25. The number of benzene rings is 1. The van der Waals surface area contributed by atoms with Gasteiger partial charge in [-0.1, -0.05) is 30.3 Å². The number of rotatable bonds is 5. The molecular formula is C13H18O5S. The molecule has 0 saturated carbocycles. The van der Waals surface area contributed by atoms with Crippen LogP contribution in [0.5, 0.6) is 0 Å². The Kier molecular flexibility index (Phi) is 4.25. The third-order valence-corrected chi connectivity index (χ3v) is 3.87. The van der Waals surface area contributed by atoms with Gasteiger partial charge in [0.25, 0.3) is 10.1 Å². The summed E-state index contributed by atoms with van der Waals surface area (Å²) in [5.74, 6) is -0.804. The Balaban J connectivity index is 1.85. The van der Waals surface area contributed by atoms with Crippen molar-refractivity contribution in [2.45, 2.75) is 31.5 Å². The molecule has 1 fully saturated rings. The Hall–Kier alpha value is -0.950. The summed E-state index contributed by atoms with van der Waals surface area (Å²) in [6.07, 6.45) is -0.347. The highest BCUT2D eigenvalue weighted by Gasteiger charge is 2.33. The molecule has 1 atom stereocenters. The first-order valence-electron chi connectivity index (χ1n) is 6.09. The molecular weight excluding hydrogens is 268 g/mol. The zero-order valence-corrected chi connectivity index (χ0v) is 11.9. The molecule has 0 amide bonds. The average Bonchev–Trinajstić information content (AvgIpc) is 2.67. The molecule has 6 heteroatoms. The second-order valence-corrected chi connectivity index (χ2v) is 6.56. The minimum absolute atomic E-state index is 0.0153. The maximum Gasteiger partial charge on any atom is 0.271 e. The smallest absolute Gasteiger partial charge is 0.271 e. The summed E-state index contributed by atoms with van der Waals surface area (Å²) >= 11 is 0. The van der Waals surface area contributed by atoms with Gasteiger partial charge in [-0.15, -0.1) is 0 Å². The van der Waals surface area contributed by atoms with Crippen molar-refractivity contribution in [1.29, 1.82) is 0 Å². The predicted octanol–water partition coefficient (Wildman–Crippen LogP) is 1.68. The summed E-state index contributed by atoms with van der Waals surface area (Å²) in [6, 6.07) is 8.92. The van der Waals surface area contributed by atoms with Crippen molar-refractivity contribution >= 4 is 10.1 Å². The van der Waals surface area contributed by atoms with Crippen LogP contribution in [0.4, 0.5) is 0 Å². The predicted molar refractivity (Wildman–Crippen MR) is 69.9 cm³/mol. The molecule has 0 aromatic heterocycles. The van der Waals surface area contributed by atoms with Gasteiger partial charge in [0.1, 0.15) is 11.9 Å². The molecule has 5 nitrogen and oxygen atoms in total. The average molecular weight is 286 g/mol.